The monoisotopic (exact) mass is 317 g/mol. The van der Waals surface area contributed by atoms with E-state index in [4.69, 9.17) is 0 Å². The van der Waals surface area contributed by atoms with Crippen molar-refractivity contribution in [2.45, 2.75) is 25.7 Å². The molecule has 0 aliphatic heterocycles. The molecule has 0 saturated heterocycles. The fourth-order valence-electron chi connectivity index (χ4n) is 3.09. The summed E-state index contributed by atoms with van der Waals surface area (Å²) in [7, 11) is 0. The lowest BCUT2D eigenvalue weighted by Gasteiger charge is -2.41. The number of amides is 1. The van der Waals surface area contributed by atoms with E-state index < -0.39 is 0 Å². The molecule has 3 N–H and O–H groups in total. The van der Waals surface area contributed by atoms with Crippen molar-refractivity contribution in [1.82, 2.24) is 15.5 Å². The van der Waals surface area contributed by atoms with Crippen molar-refractivity contribution in [3.8, 4) is 11.3 Å². The Morgan fingerprint density at radius 3 is 2.70 bits per heavy atom. The number of nitrogens with one attached hydrogen (secondary N) is 2. The summed E-state index contributed by atoms with van der Waals surface area (Å²) in [6.45, 7) is 0.697. The second kappa shape index (κ2) is 6.50. The number of rotatable bonds is 6. The Kier molecular flexibility index (Phi) is 4.43. The summed E-state index contributed by atoms with van der Waals surface area (Å²) in [4.78, 5) is 12.5. The van der Waals surface area contributed by atoms with E-state index in [0.29, 0.717) is 29.8 Å². The molecule has 3 rings (SSSR count). The number of H-pyrrole nitrogens is 1. The van der Waals surface area contributed by atoms with E-state index in [-0.39, 0.29) is 23.7 Å². The lowest BCUT2D eigenvalue weighted by atomic mass is 9.67. The van der Waals surface area contributed by atoms with Crippen molar-refractivity contribution in [3.63, 3.8) is 0 Å². The van der Waals surface area contributed by atoms with E-state index in [1.54, 1.807) is 12.1 Å². The molecule has 6 heteroatoms. The van der Waals surface area contributed by atoms with Crippen LogP contribution in [0.5, 0.6) is 0 Å². The second-order valence-corrected chi connectivity index (χ2v) is 6.18. The SMILES string of the molecule is O=C(NCC1(CCO)CCC1)c1cn[nH]c1-c1ccc(F)cc1. The molecule has 2 aromatic rings. The molecule has 0 bridgehead atoms. The molecule has 0 atom stereocenters. The molecule has 0 unspecified atom stereocenters. The van der Waals surface area contributed by atoms with Crippen LogP contribution in [0.25, 0.3) is 11.3 Å². The van der Waals surface area contributed by atoms with Gasteiger partial charge in [0.2, 0.25) is 0 Å². The minimum Gasteiger partial charge on any atom is -0.396 e. The number of hydrogen-bond acceptors (Lipinski definition) is 3. The first-order chi connectivity index (χ1) is 11.1. The van der Waals surface area contributed by atoms with Crippen molar-refractivity contribution in [1.29, 1.82) is 0 Å². The zero-order valence-electron chi connectivity index (χ0n) is 12.8. The summed E-state index contributed by atoms with van der Waals surface area (Å²) in [5.41, 5.74) is 1.76. The third kappa shape index (κ3) is 3.27. The highest BCUT2D eigenvalue weighted by atomic mass is 19.1. The van der Waals surface area contributed by atoms with Crippen LogP contribution >= 0.6 is 0 Å². The molecule has 0 radical (unpaired) electrons. The van der Waals surface area contributed by atoms with E-state index in [1.165, 1.54) is 18.3 Å². The predicted octanol–water partition coefficient (Wildman–Crippen LogP) is 2.50. The number of aliphatic hydroxyl groups excluding tert-OH is 1. The van der Waals surface area contributed by atoms with E-state index in [9.17, 15) is 14.3 Å². The highest BCUT2D eigenvalue weighted by Gasteiger charge is 2.36. The van der Waals surface area contributed by atoms with Crippen LogP contribution in [0.3, 0.4) is 0 Å². The van der Waals surface area contributed by atoms with Crippen LogP contribution in [0.1, 0.15) is 36.0 Å². The van der Waals surface area contributed by atoms with E-state index in [2.05, 4.69) is 15.5 Å². The van der Waals surface area contributed by atoms with Crippen molar-refractivity contribution in [2.75, 3.05) is 13.2 Å². The third-order valence-electron chi connectivity index (χ3n) is 4.70. The predicted molar refractivity (Wildman–Crippen MR) is 84.3 cm³/mol. The van der Waals surface area contributed by atoms with Gasteiger partial charge in [-0.2, -0.15) is 5.10 Å². The fraction of sp³-hybridized carbons (Fsp3) is 0.412. The lowest BCUT2D eigenvalue weighted by molar-refractivity contribution is 0.0733. The van der Waals surface area contributed by atoms with Gasteiger partial charge in [0.1, 0.15) is 5.82 Å². The maximum absolute atomic E-state index is 13.0. The number of carbonyl (C=O) groups excluding carboxylic acids is 1. The Bertz CT molecular complexity index is 677. The molecule has 1 amide bonds. The maximum atomic E-state index is 13.0. The van der Waals surface area contributed by atoms with Crippen molar-refractivity contribution in [3.05, 3.63) is 41.8 Å². The van der Waals surface area contributed by atoms with Crippen LogP contribution in [-0.4, -0.2) is 34.4 Å². The summed E-state index contributed by atoms with van der Waals surface area (Å²) in [6.07, 6.45) is 5.40. The number of hydrogen-bond donors (Lipinski definition) is 3. The van der Waals surface area contributed by atoms with Gasteiger partial charge in [0.15, 0.2) is 0 Å². The number of nitrogens with zero attached hydrogens (tertiary/aromatic N) is 1. The van der Waals surface area contributed by atoms with Gasteiger partial charge in [-0.3, -0.25) is 9.89 Å². The van der Waals surface area contributed by atoms with Gasteiger partial charge in [-0.1, -0.05) is 6.42 Å². The van der Waals surface area contributed by atoms with Gasteiger partial charge in [0.25, 0.3) is 5.91 Å². The number of halogens is 1. The van der Waals surface area contributed by atoms with Crippen LogP contribution in [0, 0.1) is 11.2 Å². The summed E-state index contributed by atoms with van der Waals surface area (Å²) in [6, 6.07) is 5.92. The summed E-state index contributed by atoms with van der Waals surface area (Å²) in [5.74, 6) is -0.530. The first-order valence-electron chi connectivity index (χ1n) is 7.82. The quantitative estimate of drug-likeness (QED) is 0.766. The fourth-order valence-corrected chi connectivity index (χ4v) is 3.09. The van der Waals surface area contributed by atoms with Gasteiger partial charge < -0.3 is 10.4 Å². The Hall–Kier alpha value is -2.21. The lowest BCUT2D eigenvalue weighted by Crippen LogP contribution is -2.42. The minimum atomic E-state index is -0.324. The van der Waals surface area contributed by atoms with Gasteiger partial charge in [-0.15, -0.1) is 0 Å². The molecule has 1 aliphatic rings. The molecular formula is C17H20FN3O2. The molecule has 1 saturated carbocycles. The van der Waals surface area contributed by atoms with Gasteiger partial charge in [0.05, 0.1) is 17.5 Å². The van der Waals surface area contributed by atoms with Crippen LogP contribution in [0.15, 0.2) is 30.5 Å². The van der Waals surface area contributed by atoms with E-state index >= 15 is 0 Å². The largest absolute Gasteiger partial charge is 0.396 e. The number of aromatic amines is 1. The van der Waals surface area contributed by atoms with Crippen LogP contribution < -0.4 is 5.32 Å². The van der Waals surface area contributed by atoms with Crippen molar-refractivity contribution < 1.29 is 14.3 Å². The Morgan fingerprint density at radius 2 is 2.09 bits per heavy atom. The summed E-state index contributed by atoms with van der Waals surface area (Å²) < 4.78 is 13.0. The first kappa shape index (κ1) is 15.7. The van der Waals surface area contributed by atoms with Gasteiger partial charge in [-0.25, -0.2) is 4.39 Å². The average molecular weight is 317 g/mol. The molecule has 122 valence electrons. The zero-order chi connectivity index (χ0) is 16.3. The second-order valence-electron chi connectivity index (χ2n) is 6.18. The number of aromatic nitrogens is 2. The topological polar surface area (TPSA) is 78.0 Å². The molecule has 1 fully saturated rings. The van der Waals surface area contributed by atoms with Crippen LogP contribution in [-0.2, 0) is 0 Å². The zero-order valence-corrected chi connectivity index (χ0v) is 12.8. The standard InChI is InChI=1S/C17H20FN3O2/c18-13-4-2-12(3-5-13)15-14(10-20-21-15)16(23)19-11-17(8-9-22)6-1-7-17/h2-5,10,22H,1,6-9,11H2,(H,19,23)(H,20,21). The molecular weight excluding hydrogens is 297 g/mol. The van der Waals surface area contributed by atoms with Crippen LogP contribution in [0.2, 0.25) is 0 Å². The molecule has 1 aliphatic carbocycles. The number of carbonyl (C=O) groups is 1. The van der Waals surface area contributed by atoms with Gasteiger partial charge >= 0.3 is 0 Å². The van der Waals surface area contributed by atoms with Crippen LogP contribution in [0.4, 0.5) is 4.39 Å². The molecule has 0 spiro atoms. The van der Waals surface area contributed by atoms with E-state index in [0.717, 1.165) is 19.3 Å². The van der Waals surface area contributed by atoms with E-state index in [1.807, 2.05) is 0 Å². The molecule has 1 heterocycles. The van der Waals surface area contributed by atoms with Crippen molar-refractivity contribution >= 4 is 5.91 Å². The molecule has 1 aromatic heterocycles. The van der Waals surface area contributed by atoms with Gasteiger partial charge in [-0.05, 0) is 48.9 Å². The number of aliphatic hydroxyl groups is 1. The number of benzene rings is 1. The third-order valence-corrected chi connectivity index (χ3v) is 4.70. The maximum Gasteiger partial charge on any atom is 0.255 e. The highest BCUT2D eigenvalue weighted by Crippen LogP contribution is 2.43. The highest BCUT2D eigenvalue weighted by molar-refractivity contribution is 5.99. The molecule has 1 aromatic carbocycles. The first-order valence-corrected chi connectivity index (χ1v) is 7.82. The molecule has 23 heavy (non-hydrogen) atoms. The summed E-state index contributed by atoms with van der Waals surface area (Å²) in [5, 5.41) is 18.9. The Labute approximate surface area is 133 Å². The smallest absolute Gasteiger partial charge is 0.255 e. The van der Waals surface area contributed by atoms with Gasteiger partial charge in [0, 0.05) is 18.7 Å². The minimum absolute atomic E-state index is 0.0319. The van der Waals surface area contributed by atoms with Crippen molar-refractivity contribution in [2.24, 2.45) is 5.41 Å². The average Bonchev–Trinajstić information content (AvgIpc) is 3.00. The Balaban J connectivity index is 1.71. The molecule has 5 nitrogen and oxygen atoms in total. The summed E-state index contributed by atoms with van der Waals surface area (Å²) >= 11 is 0. The normalized spacial score (nSPS) is 15.9. The Morgan fingerprint density at radius 1 is 1.35 bits per heavy atom.